The second kappa shape index (κ2) is 8.40. The zero-order chi connectivity index (χ0) is 22.2. The van der Waals surface area contributed by atoms with Gasteiger partial charge in [0.2, 0.25) is 0 Å². The molecule has 1 aliphatic heterocycles. The lowest BCUT2D eigenvalue weighted by molar-refractivity contribution is 0.0254. The number of hydrogen-bond donors (Lipinski definition) is 4. The molecule has 1 aliphatic rings. The minimum atomic E-state index is -3.06. The van der Waals surface area contributed by atoms with Crippen molar-refractivity contribution in [3.05, 3.63) is 59.1 Å². The van der Waals surface area contributed by atoms with E-state index < -0.39 is 29.6 Å². The van der Waals surface area contributed by atoms with Gasteiger partial charge in [-0.05, 0) is 29.8 Å². The molecular weight excluding hydrogens is 446 g/mol. The molecule has 0 spiro atoms. The first kappa shape index (κ1) is 22.0. The highest BCUT2D eigenvalue weighted by atomic mass is 35.5. The maximum atomic E-state index is 13.8. The van der Waals surface area contributed by atoms with Crippen molar-refractivity contribution in [1.29, 1.82) is 0 Å². The number of nitrogens with two attached hydrogens (primary N) is 1. The third-order valence-electron chi connectivity index (χ3n) is 5.25. The summed E-state index contributed by atoms with van der Waals surface area (Å²) in [5.74, 6) is -2.37. The summed E-state index contributed by atoms with van der Waals surface area (Å²) in [6.45, 7) is -0.632. The van der Waals surface area contributed by atoms with E-state index in [2.05, 4.69) is 10.3 Å². The zero-order valence-electron chi connectivity index (χ0n) is 16.6. The molecule has 0 bridgehead atoms. The van der Waals surface area contributed by atoms with Crippen LogP contribution in [0.1, 0.15) is 5.56 Å². The summed E-state index contributed by atoms with van der Waals surface area (Å²) in [5, 5.41) is 3.87. The van der Waals surface area contributed by atoms with Gasteiger partial charge in [-0.1, -0.05) is 29.8 Å². The quantitative estimate of drug-likeness (QED) is 0.420. The first-order valence-corrected chi connectivity index (χ1v) is 11.8. The van der Waals surface area contributed by atoms with Crippen LogP contribution in [0, 0.1) is 0 Å². The van der Waals surface area contributed by atoms with Crippen LogP contribution in [0.4, 0.5) is 20.3 Å². The van der Waals surface area contributed by atoms with Gasteiger partial charge in [0.05, 0.1) is 29.3 Å². The minimum Gasteiger partial charge on any atom is -0.378 e. The molecule has 1 aromatic heterocycles. The predicted molar refractivity (Wildman–Crippen MR) is 123 cm³/mol. The average Bonchev–Trinajstić information content (AvgIpc) is 2.88. The summed E-state index contributed by atoms with van der Waals surface area (Å²) in [4.78, 5) is 7.14. The van der Waals surface area contributed by atoms with Crippen molar-refractivity contribution in [3.8, 4) is 0 Å². The highest BCUT2D eigenvalue weighted by Gasteiger charge is 2.28. The largest absolute Gasteiger partial charge is 0.378 e. The average molecular weight is 469 g/mol. The molecule has 0 aliphatic carbocycles. The van der Waals surface area contributed by atoms with Gasteiger partial charge >= 0.3 is 0 Å². The van der Waals surface area contributed by atoms with Gasteiger partial charge in [0.1, 0.15) is 5.82 Å². The summed E-state index contributed by atoms with van der Waals surface area (Å²) in [6, 6.07) is 14.0. The first-order chi connectivity index (χ1) is 14.7. The van der Waals surface area contributed by atoms with Gasteiger partial charge in [-0.3, -0.25) is 9.11 Å². The predicted octanol–water partition coefficient (Wildman–Crippen LogP) is 5.02. The molecule has 2 heterocycles. The molecule has 0 amide bonds. The maximum Gasteiger partial charge on any atom is 0.276 e. The van der Waals surface area contributed by atoms with Gasteiger partial charge in [-0.25, -0.2) is 13.8 Å². The van der Waals surface area contributed by atoms with Gasteiger partial charge in [0.25, 0.3) is 5.92 Å². The molecule has 0 saturated heterocycles. The Hall–Kier alpha value is -2.17. The molecule has 0 radical (unpaired) electrons. The van der Waals surface area contributed by atoms with E-state index in [1.165, 1.54) is 0 Å². The molecule has 6 nitrogen and oxygen atoms in total. The number of halogens is 3. The van der Waals surface area contributed by atoms with Gasteiger partial charge in [-0.2, -0.15) is 10.6 Å². The Bertz CT molecular complexity index is 1120. The monoisotopic (exact) mass is 468 g/mol. The number of alkyl halides is 2. The third kappa shape index (κ3) is 4.70. The minimum absolute atomic E-state index is 0.151. The lowest BCUT2D eigenvalue weighted by Crippen LogP contribution is -2.35. The molecule has 0 atom stereocenters. The Morgan fingerprint density at radius 2 is 1.97 bits per heavy atom. The van der Waals surface area contributed by atoms with Crippen LogP contribution in [0.5, 0.6) is 0 Å². The fourth-order valence-corrected chi connectivity index (χ4v) is 5.29. The lowest BCUT2D eigenvalue weighted by atomic mass is 10.1. The van der Waals surface area contributed by atoms with Crippen molar-refractivity contribution in [1.82, 2.24) is 4.98 Å². The van der Waals surface area contributed by atoms with Crippen molar-refractivity contribution < 1.29 is 17.9 Å². The van der Waals surface area contributed by atoms with E-state index in [4.69, 9.17) is 17.3 Å². The van der Waals surface area contributed by atoms with Crippen molar-refractivity contribution in [2.45, 2.75) is 17.4 Å². The van der Waals surface area contributed by atoms with E-state index in [0.29, 0.717) is 45.4 Å². The number of benzene rings is 2. The van der Waals surface area contributed by atoms with Gasteiger partial charge < -0.3 is 16.0 Å². The second-order valence-corrected chi connectivity index (χ2v) is 10.1. The van der Waals surface area contributed by atoms with E-state index in [9.17, 15) is 17.9 Å². The number of aromatic nitrogens is 1. The fraction of sp³-hybridized carbons (Fsp3) is 0.286. The van der Waals surface area contributed by atoms with Crippen LogP contribution in [-0.4, -0.2) is 45.4 Å². The molecule has 0 fully saturated rings. The summed E-state index contributed by atoms with van der Waals surface area (Å²) in [6.07, 6.45) is 0. The number of rotatable bonds is 5. The molecule has 5 N–H and O–H groups in total. The van der Waals surface area contributed by atoms with Crippen LogP contribution in [0.3, 0.4) is 0 Å². The van der Waals surface area contributed by atoms with Crippen LogP contribution in [-0.2, 0) is 6.54 Å². The van der Waals surface area contributed by atoms with E-state index in [0.717, 1.165) is 5.56 Å². The molecule has 0 unspecified atom stereocenters. The Balaban J connectivity index is 1.75. The Kier molecular flexibility index (Phi) is 5.97. The molecule has 2 aromatic carbocycles. The normalized spacial score (nSPS) is 17.2. The van der Waals surface area contributed by atoms with Crippen molar-refractivity contribution in [2.24, 2.45) is 5.73 Å². The Labute approximate surface area is 185 Å². The standard InChI is InChI=1S/C21H23ClF2N4O2S/c22-15-5-6-17-16(9-15)18(26-13-21(23,24)12-25)10-20(27-17)28-7-8-31(29,30)19-4-2-1-3-14(19)11-28/h1-6,9-10,29-30H,7-8,11-13,25H2,(H,26,27). The molecule has 10 heteroatoms. The molecule has 3 aromatic rings. The maximum absolute atomic E-state index is 13.8. The number of hydrogen-bond acceptors (Lipinski definition) is 6. The Morgan fingerprint density at radius 3 is 2.74 bits per heavy atom. The Morgan fingerprint density at radius 1 is 1.19 bits per heavy atom. The number of fused-ring (bicyclic) bond motifs is 2. The van der Waals surface area contributed by atoms with E-state index in [-0.39, 0.29) is 5.75 Å². The second-order valence-electron chi connectivity index (χ2n) is 7.50. The number of nitrogens with zero attached hydrogens (tertiary/aromatic N) is 2. The van der Waals surface area contributed by atoms with Gasteiger partial charge in [0, 0.05) is 35.3 Å². The third-order valence-corrected chi connectivity index (χ3v) is 7.34. The molecule has 31 heavy (non-hydrogen) atoms. The van der Waals surface area contributed by atoms with Crippen molar-refractivity contribution in [2.75, 3.05) is 35.6 Å². The van der Waals surface area contributed by atoms with Crippen LogP contribution >= 0.6 is 22.2 Å². The molecule has 166 valence electrons. The summed E-state index contributed by atoms with van der Waals surface area (Å²) in [5.41, 5.74) is 7.00. The fourth-order valence-electron chi connectivity index (χ4n) is 3.57. The van der Waals surface area contributed by atoms with Crippen LogP contribution in [0.25, 0.3) is 10.9 Å². The first-order valence-electron chi connectivity index (χ1n) is 9.69. The molecule has 0 saturated carbocycles. The molecule has 4 rings (SSSR count). The van der Waals surface area contributed by atoms with E-state index in [1.54, 1.807) is 36.4 Å². The number of pyridine rings is 1. The lowest BCUT2D eigenvalue weighted by Gasteiger charge is -2.32. The number of nitrogens with one attached hydrogen (secondary N) is 1. The SMILES string of the molecule is NCC(F)(F)CNc1cc(N2CCS(O)(O)c3ccccc3C2)nc2ccc(Cl)cc12. The summed E-state index contributed by atoms with van der Waals surface area (Å²) >= 11 is 6.12. The molecular formula is C21H23ClF2N4O2S. The van der Waals surface area contributed by atoms with Crippen molar-refractivity contribution in [3.63, 3.8) is 0 Å². The topological polar surface area (TPSA) is 94.6 Å². The van der Waals surface area contributed by atoms with Crippen LogP contribution < -0.4 is 16.0 Å². The van der Waals surface area contributed by atoms with Crippen molar-refractivity contribution >= 4 is 44.6 Å². The van der Waals surface area contributed by atoms with Gasteiger partial charge in [-0.15, -0.1) is 0 Å². The van der Waals surface area contributed by atoms with Crippen LogP contribution in [0.2, 0.25) is 5.02 Å². The van der Waals surface area contributed by atoms with Gasteiger partial charge in [0.15, 0.2) is 0 Å². The highest BCUT2D eigenvalue weighted by molar-refractivity contribution is 8.24. The zero-order valence-corrected chi connectivity index (χ0v) is 18.1. The highest BCUT2D eigenvalue weighted by Crippen LogP contribution is 2.51. The summed E-state index contributed by atoms with van der Waals surface area (Å²) in [7, 11) is -2.93. The smallest absolute Gasteiger partial charge is 0.276 e. The van der Waals surface area contributed by atoms with E-state index in [1.807, 2.05) is 17.0 Å². The summed E-state index contributed by atoms with van der Waals surface area (Å²) < 4.78 is 48.8. The number of anilines is 2. The van der Waals surface area contributed by atoms with Crippen LogP contribution in [0.15, 0.2) is 53.4 Å². The van der Waals surface area contributed by atoms with E-state index >= 15 is 0 Å².